The molecule has 0 fully saturated rings. The average molecular weight is 231 g/mol. The molecule has 0 rings (SSSR count). The van der Waals surface area contributed by atoms with Gasteiger partial charge in [-0.15, -0.1) is 0 Å². The quantitative estimate of drug-likeness (QED) is 0.713. The standard InChI is InChI=1S/C7H12F3NO2S/c1-6(2,13)5(12)11-3-4-14-7(8,9)10/h13H,3-4H2,1-2H3,(H,11,12). The summed E-state index contributed by atoms with van der Waals surface area (Å²) in [6, 6.07) is 0. The average Bonchev–Trinajstić information content (AvgIpc) is 1.93. The Balaban J connectivity index is 3.62. The highest BCUT2D eigenvalue weighted by atomic mass is 32.2. The summed E-state index contributed by atoms with van der Waals surface area (Å²) in [5.41, 5.74) is -5.83. The molecule has 0 aliphatic heterocycles. The van der Waals surface area contributed by atoms with Crippen molar-refractivity contribution < 1.29 is 23.1 Å². The van der Waals surface area contributed by atoms with Crippen LogP contribution in [0.15, 0.2) is 0 Å². The maximum Gasteiger partial charge on any atom is 0.441 e. The van der Waals surface area contributed by atoms with E-state index in [9.17, 15) is 18.0 Å². The summed E-state index contributed by atoms with van der Waals surface area (Å²) < 4.78 is 34.8. The predicted octanol–water partition coefficient (Wildman–Crippen LogP) is 1.13. The molecule has 7 heteroatoms. The molecule has 0 aliphatic carbocycles. The third-order valence-corrected chi connectivity index (χ3v) is 1.94. The van der Waals surface area contributed by atoms with Gasteiger partial charge in [0.1, 0.15) is 5.60 Å². The zero-order valence-electron chi connectivity index (χ0n) is 7.81. The van der Waals surface area contributed by atoms with E-state index >= 15 is 0 Å². The molecule has 0 radical (unpaired) electrons. The number of aliphatic hydroxyl groups is 1. The molecular weight excluding hydrogens is 219 g/mol. The summed E-state index contributed by atoms with van der Waals surface area (Å²) in [5, 5.41) is 11.3. The van der Waals surface area contributed by atoms with Crippen LogP contribution in [0, 0.1) is 0 Å². The van der Waals surface area contributed by atoms with E-state index in [1.54, 1.807) is 0 Å². The molecular formula is C7H12F3NO2S. The molecule has 0 saturated heterocycles. The third kappa shape index (κ3) is 7.02. The third-order valence-electron chi connectivity index (χ3n) is 1.21. The fraction of sp³-hybridized carbons (Fsp3) is 0.857. The zero-order chi connectivity index (χ0) is 11.4. The van der Waals surface area contributed by atoms with Crippen LogP contribution in [0.3, 0.4) is 0 Å². The van der Waals surface area contributed by atoms with Crippen molar-refractivity contribution in [3.8, 4) is 0 Å². The monoisotopic (exact) mass is 231 g/mol. The number of nitrogens with one attached hydrogen (secondary N) is 1. The molecule has 0 aromatic carbocycles. The highest BCUT2D eigenvalue weighted by molar-refractivity contribution is 8.00. The van der Waals surface area contributed by atoms with E-state index in [0.29, 0.717) is 0 Å². The van der Waals surface area contributed by atoms with E-state index in [0.717, 1.165) is 0 Å². The number of carbonyl (C=O) groups excluding carboxylic acids is 1. The first-order valence-corrected chi connectivity index (χ1v) is 4.83. The SMILES string of the molecule is CC(C)(O)C(=O)NCCSC(F)(F)F. The lowest BCUT2D eigenvalue weighted by Crippen LogP contribution is -2.42. The van der Waals surface area contributed by atoms with Crippen molar-refractivity contribution in [1.82, 2.24) is 5.32 Å². The van der Waals surface area contributed by atoms with E-state index < -0.39 is 17.0 Å². The largest absolute Gasteiger partial charge is 0.441 e. The van der Waals surface area contributed by atoms with Crippen LogP contribution in [-0.4, -0.2) is 34.4 Å². The Hall–Kier alpha value is -0.430. The van der Waals surface area contributed by atoms with E-state index in [-0.39, 0.29) is 24.1 Å². The highest BCUT2D eigenvalue weighted by Gasteiger charge is 2.28. The molecule has 0 heterocycles. The van der Waals surface area contributed by atoms with Crippen LogP contribution in [0.5, 0.6) is 0 Å². The Morgan fingerprint density at radius 1 is 1.43 bits per heavy atom. The second kappa shape index (κ2) is 4.88. The molecule has 3 nitrogen and oxygen atoms in total. The van der Waals surface area contributed by atoms with Crippen molar-refractivity contribution in [3.05, 3.63) is 0 Å². The number of thioether (sulfide) groups is 1. The summed E-state index contributed by atoms with van der Waals surface area (Å²) in [7, 11) is 0. The first kappa shape index (κ1) is 13.6. The van der Waals surface area contributed by atoms with Crippen molar-refractivity contribution in [2.75, 3.05) is 12.3 Å². The molecule has 0 atom stereocenters. The first-order valence-electron chi connectivity index (χ1n) is 3.84. The van der Waals surface area contributed by atoms with Gasteiger partial charge < -0.3 is 10.4 Å². The number of alkyl halides is 3. The van der Waals surface area contributed by atoms with Crippen molar-refractivity contribution in [3.63, 3.8) is 0 Å². The van der Waals surface area contributed by atoms with Crippen LogP contribution >= 0.6 is 11.8 Å². The maximum atomic E-state index is 11.6. The Labute approximate surface area is 84.1 Å². The van der Waals surface area contributed by atoms with Crippen LogP contribution in [0.25, 0.3) is 0 Å². The Morgan fingerprint density at radius 2 is 1.93 bits per heavy atom. The predicted molar refractivity (Wildman–Crippen MR) is 47.8 cm³/mol. The van der Waals surface area contributed by atoms with E-state index in [4.69, 9.17) is 5.11 Å². The van der Waals surface area contributed by atoms with Gasteiger partial charge in [0.25, 0.3) is 5.91 Å². The molecule has 2 N–H and O–H groups in total. The molecule has 84 valence electrons. The van der Waals surface area contributed by atoms with Crippen molar-refractivity contribution in [1.29, 1.82) is 0 Å². The van der Waals surface area contributed by atoms with Crippen LogP contribution in [0.2, 0.25) is 0 Å². The van der Waals surface area contributed by atoms with E-state index in [1.807, 2.05) is 0 Å². The molecule has 1 amide bonds. The van der Waals surface area contributed by atoms with Gasteiger partial charge in [0, 0.05) is 12.3 Å². The molecule has 0 bridgehead atoms. The van der Waals surface area contributed by atoms with Crippen molar-refractivity contribution in [2.45, 2.75) is 25.0 Å². The van der Waals surface area contributed by atoms with Gasteiger partial charge in [-0.25, -0.2) is 0 Å². The number of amides is 1. The lowest BCUT2D eigenvalue weighted by Gasteiger charge is -2.16. The molecule has 0 aliphatic rings. The van der Waals surface area contributed by atoms with Crippen LogP contribution < -0.4 is 5.32 Å². The van der Waals surface area contributed by atoms with Gasteiger partial charge in [-0.3, -0.25) is 4.79 Å². The second-order valence-corrected chi connectivity index (χ2v) is 4.27. The van der Waals surface area contributed by atoms with E-state index in [2.05, 4.69) is 5.32 Å². The molecule has 0 saturated carbocycles. The van der Waals surface area contributed by atoms with Gasteiger partial charge in [-0.05, 0) is 25.6 Å². The second-order valence-electron chi connectivity index (χ2n) is 3.11. The minimum Gasteiger partial charge on any atom is -0.381 e. The normalized spacial score (nSPS) is 12.7. The van der Waals surface area contributed by atoms with Crippen LogP contribution in [0.1, 0.15) is 13.8 Å². The Morgan fingerprint density at radius 3 is 2.29 bits per heavy atom. The van der Waals surface area contributed by atoms with Gasteiger partial charge >= 0.3 is 5.51 Å². The lowest BCUT2D eigenvalue weighted by molar-refractivity contribution is -0.136. The van der Waals surface area contributed by atoms with Gasteiger partial charge in [0.15, 0.2) is 0 Å². The summed E-state index contributed by atoms with van der Waals surface area (Å²) in [6.07, 6.45) is 0. The summed E-state index contributed by atoms with van der Waals surface area (Å²) in [5.74, 6) is -0.939. The minimum absolute atomic E-state index is 0.118. The Bertz CT molecular complexity index is 200. The van der Waals surface area contributed by atoms with Crippen LogP contribution in [0.4, 0.5) is 13.2 Å². The smallest absolute Gasteiger partial charge is 0.381 e. The topological polar surface area (TPSA) is 49.3 Å². The van der Waals surface area contributed by atoms with Gasteiger partial charge in [-0.1, -0.05) is 0 Å². The minimum atomic E-state index is -4.28. The molecule has 0 unspecified atom stereocenters. The Kier molecular flexibility index (Phi) is 4.73. The number of hydrogen-bond donors (Lipinski definition) is 2. The molecule has 0 aromatic heterocycles. The van der Waals surface area contributed by atoms with Crippen LogP contribution in [-0.2, 0) is 4.79 Å². The fourth-order valence-corrected chi connectivity index (χ4v) is 0.983. The zero-order valence-corrected chi connectivity index (χ0v) is 8.63. The summed E-state index contributed by atoms with van der Waals surface area (Å²) in [6.45, 7) is 2.41. The highest BCUT2D eigenvalue weighted by Crippen LogP contribution is 2.29. The number of rotatable bonds is 4. The number of hydrogen-bond acceptors (Lipinski definition) is 3. The van der Waals surface area contributed by atoms with Gasteiger partial charge in [0.2, 0.25) is 0 Å². The fourth-order valence-electron chi connectivity index (χ4n) is 0.548. The molecule has 0 spiro atoms. The summed E-state index contributed by atoms with van der Waals surface area (Å²) >= 11 is -0.210. The molecule has 0 aromatic rings. The van der Waals surface area contributed by atoms with Crippen molar-refractivity contribution in [2.24, 2.45) is 0 Å². The number of carbonyl (C=O) groups is 1. The van der Waals surface area contributed by atoms with Gasteiger partial charge in [0.05, 0.1) is 0 Å². The van der Waals surface area contributed by atoms with Gasteiger partial charge in [-0.2, -0.15) is 13.2 Å². The number of halogens is 3. The van der Waals surface area contributed by atoms with Crippen molar-refractivity contribution >= 4 is 17.7 Å². The molecule has 14 heavy (non-hydrogen) atoms. The van der Waals surface area contributed by atoms with E-state index in [1.165, 1.54) is 13.8 Å². The maximum absolute atomic E-state index is 11.6. The first-order chi connectivity index (χ1) is 6.13. The summed E-state index contributed by atoms with van der Waals surface area (Å²) in [4.78, 5) is 10.9. The lowest BCUT2D eigenvalue weighted by atomic mass is 10.1.